The summed E-state index contributed by atoms with van der Waals surface area (Å²) in [5.41, 5.74) is 1.03. The van der Waals surface area contributed by atoms with Crippen LogP contribution < -0.4 is 5.32 Å². The van der Waals surface area contributed by atoms with Crippen LogP contribution >= 0.6 is 0 Å². The minimum atomic E-state index is -0.0136. The number of hydrogen-bond donors (Lipinski definition) is 1. The predicted molar refractivity (Wildman–Crippen MR) is 85.4 cm³/mol. The molecule has 1 N–H and O–H groups in total. The van der Waals surface area contributed by atoms with Gasteiger partial charge in [0.05, 0.1) is 19.3 Å². The van der Waals surface area contributed by atoms with E-state index in [1.807, 2.05) is 13.2 Å². The second-order valence-electron chi connectivity index (χ2n) is 6.22. The van der Waals surface area contributed by atoms with E-state index in [-0.39, 0.29) is 12.1 Å². The fraction of sp³-hybridized carbons (Fsp3) is 0.750. The lowest BCUT2D eigenvalue weighted by molar-refractivity contribution is 0.143. The Morgan fingerprint density at radius 1 is 1.55 bits per heavy atom. The lowest BCUT2D eigenvalue weighted by atomic mass is 10.00. The third-order valence-corrected chi connectivity index (χ3v) is 4.44. The summed E-state index contributed by atoms with van der Waals surface area (Å²) in [6.07, 6.45) is 8.76. The van der Waals surface area contributed by atoms with Crippen LogP contribution in [0.5, 0.6) is 0 Å². The number of hydrogen-bond acceptors (Lipinski definition) is 3. The zero-order valence-electron chi connectivity index (χ0n) is 13.9. The molecular formula is C16H28N4O2. The van der Waals surface area contributed by atoms with E-state index in [9.17, 15) is 4.79 Å². The summed E-state index contributed by atoms with van der Waals surface area (Å²) in [5.74, 6) is 0.617. The van der Waals surface area contributed by atoms with Gasteiger partial charge in [-0.2, -0.15) is 5.10 Å². The summed E-state index contributed by atoms with van der Waals surface area (Å²) in [7, 11) is 3.53. The fourth-order valence-corrected chi connectivity index (χ4v) is 3.09. The Morgan fingerprint density at radius 2 is 2.27 bits per heavy atom. The molecule has 0 bridgehead atoms. The number of ether oxygens (including phenoxy) is 1. The van der Waals surface area contributed by atoms with Crippen LogP contribution in [-0.2, 0) is 18.3 Å². The normalized spacial score (nSPS) is 16.7. The number of aryl methyl sites for hydroxylation is 1. The summed E-state index contributed by atoms with van der Waals surface area (Å²) < 4.78 is 6.88. The topological polar surface area (TPSA) is 59.4 Å². The van der Waals surface area contributed by atoms with E-state index < -0.39 is 0 Å². The van der Waals surface area contributed by atoms with Crippen molar-refractivity contribution in [2.24, 2.45) is 13.0 Å². The number of nitrogens with one attached hydrogen (secondary N) is 1. The van der Waals surface area contributed by atoms with E-state index in [1.54, 1.807) is 22.9 Å². The van der Waals surface area contributed by atoms with E-state index in [0.717, 1.165) is 5.56 Å². The molecule has 0 aliphatic heterocycles. The third kappa shape index (κ3) is 4.73. The molecule has 6 heteroatoms. The molecule has 1 heterocycles. The number of rotatable bonds is 7. The standard InChI is InChI=1S/C16H28N4O2/c1-13(15-6-4-5-7-15)18-16(21)20(8-9-22-3)12-14-10-17-19(2)11-14/h10-11,13,15H,4-9,12H2,1-3H3,(H,18,21)/t13-/m1/s1. The maximum atomic E-state index is 12.6. The van der Waals surface area contributed by atoms with Gasteiger partial charge < -0.3 is 15.0 Å². The Hall–Kier alpha value is -1.56. The smallest absolute Gasteiger partial charge is 0.317 e. The highest BCUT2D eigenvalue weighted by Gasteiger charge is 2.24. The van der Waals surface area contributed by atoms with Crippen LogP contribution in [0.1, 0.15) is 38.2 Å². The zero-order valence-corrected chi connectivity index (χ0v) is 13.9. The van der Waals surface area contributed by atoms with Gasteiger partial charge >= 0.3 is 6.03 Å². The first-order chi connectivity index (χ1) is 10.6. The number of methoxy groups -OCH3 is 1. The van der Waals surface area contributed by atoms with Gasteiger partial charge in [0.15, 0.2) is 0 Å². The van der Waals surface area contributed by atoms with Crippen molar-refractivity contribution in [2.45, 2.75) is 45.2 Å². The van der Waals surface area contributed by atoms with Gasteiger partial charge in [-0.15, -0.1) is 0 Å². The van der Waals surface area contributed by atoms with E-state index in [0.29, 0.717) is 25.6 Å². The van der Waals surface area contributed by atoms with Crippen LogP contribution in [0.3, 0.4) is 0 Å². The number of nitrogens with zero attached hydrogens (tertiary/aromatic N) is 3. The van der Waals surface area contributed by atoms with Gasteiger partial charge in [-0.3, -0.25) is 4.68 Å². The van der Waals surface area contributed by atoms with Crippen molar-refractivity contribution in [3.8, 4) is 0 Å². The molecule has 0 saturated heterocycles. The maximum Gasteiger partial charge on any atom is 0.317 e. The Balaban J connectivity index is 1.92. The first-order valence-corrected chi connectivity index (χ1v) is 8.12. The van der Waals surface area contributed by atoms with Crippen LogP contribution in [0, 0.1) is 5.92 Å². The summed E-state index contributed by atoms with van der Waals surface area (Å²) in [6, 6.07) is 0.217. The van der Waals surface area contributed by atoms with Crippen LogP contribution in [0.2, 0.25) is 0 Å². The summed E-state index contributed by atoms with van der Waals surface area (Å²) >= 11 is 0. The molecule has 1 aromatic heterocycles. The maximum absolute atomic E-state index is 12.6. The zero-order chi connectivity index (χ0) is 15.9. The number of amides is 2. The summed E-state index contributed by atoms with van der Waals surface area (Å²) in [6.45, 7) is 3.78. The number of carbonyl (C=O) groups excluding carboxylic acids is 1. The van der Waals surface area contributed by atoms with E-state index >= 15 is 0 Å². The van der Waals surface area contributed by atoms with Gasteiger partial charge in [-0.25, -0.2) is 4.79 Å². The van der Waals surface area contributed by atoms with Crippen LogP contribution in [-0.4, -0.2) is 47.0 Å². The van der Waals surface area contributed by atoms with Crippen molar-refractivity contribution in [3.05, 3.63) is 18.0 Å². The lowest BCUT2D eigenvalue weighted by Crippen LogP contribution is -2.46. The summed E-state index contributed by atoms with van der Waals surface area (Å²) in [5, 5.41) is 7.32. The van der Waals surface area contributed by atoms with Gasteiger partial charge in [0.25, 0.3) is 0 Å². The molecular weight excluding hydrogens is 280 g/mol. The molecule has 0 aromatic carbocycles. The first kappa shape index (κ1) is 16.8. The number of aromatic nitrogens is 2. The van der Waals surface area contributed by atoms with Gasteiger partial charge in [-0.1, -0.05) is 12.8 Å². The molecule has 2 amide bonds. The van der Waals surface area contributed by atoms with Gasteiger partial charge in [0.1, 0.15) is 0 Å². The molecule has 2 rings (SSSR count). The van der Waals surface area contributed by atoms with Crippen molar-refractivity contribution in [3.63, 3.8) is 0 Å². The molecule has 1 fully saturated rings. The molecule has 1 aromatic rings. The molecule has 124 valence electrons. The second-order valence-corrected chi connectivity index (χ2v) is 6.22. The molecule has 1 saturated carbocycles. The Morgan fingerprint density at radius 3 is 2.86 bits per heavy atom. The van der Waals surface area contributed by atoms with Crippen LogP contribution in [0.4, 0.5) is 4.79 Å². The highest BCUT2D eigenvalue weighted by molar-refractivity contribution is 5.74. The third-order valence-electron chi connectivity index (χ3n) is 4.44. The van der Waals surface area contributed by atoms with Gasteiger partial charge in [-0.05, 0) is 25.7 Å². The average Bonchev–Trinajstić information content (AvgIpc) is 3.14. The molecule has 0 radical (unpaired) electrons. The van der Waals surface area contributed by atoms with Crippen molar-refractivity contribution >= 4 is 6.03 Å². The predicted octanol–water partition coefficient (Wildman–Crippen LogP) is 2.16. The quantitative estimate of drug-likeness (QED) is 0.839. The van der Waals surface area contributed by atoms with Crippen molar-refractivity contribution in [1.29, 1.82) is 0 Å². The Kier molecular flexibility index (Phi) is 6.24. The van der Waals surface area contributed by atoms with Crippen molar-refractivity contribution in [1.82, 2.24) is 20.0 Å². The number of carbonyl (C=O) groups is 1. The first-order valence-electron chi connectivity index (χ1n) is 8.12. The van der Waals surface area contributed by atoms with E-state index in [1.165, 1.54) is 25.7 Å². The van der Waals surface area contributed by atoms with Crippen LogP contribution in [0.25, 0.3) is 0 Å². The number of urea groups is 1. The molecule has 1 atom stereocenters. The van der Waals surface area contributed by atoms with Gasteiger partial charge in [0.2, 0.25) is 0 Å². The molecule has 0 unspecified atom stereocenters. The highest BCUT2D eigenvalue weighted by atomic mass is 16.5. The second kappa shape index (κ2) is 8.17. The van der Waals surface area contributed by atoms with E-state index in [2.05, 4.69) is 17.3 Å². The highest BCUT2D eigenvalue weighted by Crippen LogP contribution is 2.27. The lowest BCUT2D eigenvalue weighted by Gasteiger charge is -2.27. The molecule has 0 spiro atoms. The van der Waals surface area contributed by atoms with Gasteiger partial charge in [0, 0.05) is 38.5 Å². The van der Waals surface area contributed by atoms with Crippen molar-refractivity contribution < 1.29 is 9.53 Å². The van der Waals surface area contributed by atoms with Crippen LogP contribution in [0.15, 0.2) is 12.4 Å². The molecule has 6 nitrogen and oxygen atoms in total. The minimum absolute atomic E-state index is 0.0136. The summed E-state index contributed by atoms with van der Waals surface area (Å²) in [4.78, 5) is 14.4. The minimum Gasteiger partial charge on any atom is -0.383 e. The Bertz CT molecular complexity index is 468. The largest absolute Gasteiger partial charge is 0.383 e. The monoisotopic (exact) mass is 308 g/mol. The fourth-order valence-electron chi connectivity index (χ4n) is 3.09. The molecule has 1 aliphatic rings. The molecule has 1 aliphatic carbocycles. The SMILES string of the molecule is COCCN(Cc1cnn(C)c1)C(=O)N[C@H](C)C1CCCC1. The Labute approximate surface area is 132 Å². The average molecular weight is 308 g/mol. The molecule has 22 heavy (non-hydrogen) atoms. The van der Waals surface area contributed by atoms with Crippen molar-refractivity contribution in [2.75, 3.05) is 20.3 Å². The van der Waals surface area contributed by atoms with E-state index in [4.69, 9.17) is 4.74 Å².